The molecule has 1 heterocycles. The molecule has 1 fully saturated rings. The second-order valence-electron chi connectivity index (χ2n) is 9.42. The molecule has 172 valence electrons. The van der Waals surface area contributed by atoms with E-state index < -0.39 is 5.60 Å². The Bertz CT molecular complexity index is 890. The maximum Gasteiger partial charge on any atom is 0.410 e. The molecule has 0 spiro atoms. The molecule has 6 heteroatoms. The molecule has 32 heavy (non-hydrogen) atoms. The van der Waals surface area contributed by atoms with Gasteiger partial charge in [-0.05, 0) is 69.4 Å². The quantitative estimate of drug-likeness (QED) is 0.638. The van der Waals surface area contributed by atoms with Crippen molar-refractivity contribution in [3.63, 3.8) is 0 Å². The number of likely N-dealkylation sites (tertiary alicyclic amines) is 1. The lowest BCUT2D eigenvalue weighted by Gasteiger charge is -2.35. The monoisotopic (exact) mass is 438 g/mol. The van der Waals surface area contributed by atoms with Crippen molar-refractivity contribution in [1.29, 1.82) is 0 Å². The fourth-order valence-corrected chi connectivity index (χ4v) is 3.81. The summed E-state index contributed by atoms with van der Waals surface area (Å²) in [6.45, 7) is 8.00. The minimum Gasteiger partial charge on any atom is -0.489 e. The van der Waals surface area contributed by atoms with E-state index in [4.69, 9.17) is 9.47 Å². The Balaban J connectivity index is 1.52. The van der Waals surface area contributed by atoms with Gasteiger partial charge in [0.15, 0.2) is 0 Å². The van der Waals surface area contributed by atoms with Gasteiger partial charge in [-0.1, -0.05) is 30.3 Å². The first-order valence-electron chi connectivity index (χ1n) is 11.2. The van der Waals surface area contributed by atoms with Crippen LogP contribution in [0.15, 0.2) is 54.6 Å². The first-order valence-corrected chi connectivity index (χ1v) is 11.2. The van der Waals surface area contributed by atoms with Crippen LogP contribution >= 0.6 is 0 Å². The summed E-state index contributed by atoms with van der Waals surface area (Å²) in [6, 6.07) is 17.3. The van der Waals surface area contributed by atoms with E-state index in [1.54, 1.807) is 11.9 Å². The molecule has 3 rings (SSSR count). The molecule has 0 unspecified atom stereocenters. The van der Waals surface area contributed by atoms with Gasteiger partial charge < -0.3 is 19.3 Å². The zero-order valence-corrected chi connectivity index (χ0v) is 19.5. The molecule has 2 aromatic rings. The third-order valence-corrected chi connectivity index (χ3v) is 5.39. The molecule has 6 nitrogen and oxygen atoms in total. The van der Waals surface area contributed by atoms with Crippen LogP contribution < -0.4 is 4.74 Å². The van der Waals surface area contributed by atoms with Crippen LogP contribution in [0.5, 0.6) is 5.75 Å². The molecule has 0 aliphatic carbocycles. The fourth-order valence-electron chi connectivity index (χ4n) is 3.81. The third-order valence-electron chi connectivity index (χ3n) is 5.39. The van der Waals surface area contributed by atoms with Crippen LogP contribution in [0.25, 0.3) is 0 Å². The van der Waals surface area contributed by atoms with Crippen LogP contribution in [0.3, 0.4) is 0 Å². The minimum absolute atomic E-state index is 0.0325. The van der Waals surface area contributed by atoms with Gasteiger partial charge in [0, 0.05) is 32.2 Å². The van der Waals surface area contributed by atoms with Crippen molar-refractivity contribution < 1.29 is 19.1 Å². The smallest absolute Gasteiger partial charge is 0.410 e. The average Bonchev–Trinajstić information content (AvgIpc) is 2.77. The third kappa shape index (κ3) is 7.01. The van der Waals surface area contributed by atoms with Gasteiger partial charge in [0.25, 0.3) is 5.91 Å². The standard InChI is InChI=1S/C26H34N2O4/c1-26(2,3)32-25(30)27(4)17-21-9-8-16-28(18-21)24(29)22-14-12-20(13-15-22)19-31-23-10-6-5-7-11-23/h5-7,10-15,21H,8-9,16-19H2,1-4H3/t21-/m1/s1. The summed E-state index contributed by atoms with van der Waals surface area (Å²) in [5, 5.41) is 0. The average molecular weight is 439 g/mol. The van der Waals surface area contributed by atoms with E-state index in [2.05, 4.69) is 0 Å². The van der Waals surface area contributed by atoms with Crippen molar-refractivity contribution >= 4 is 12.0 Å². The number of hydrogen-bond donors (Lipinski definition) is 0. The fraction of sp³-hybridized carbons (Fsp3) is 0.462. The number of nitrogens with zero attached hydrogens (tertiary/aromatic N) is 2. The number of ether oxygens (including phenoxy) is 2. The molecule has 1 atom stereocenters. The predicted molar refractivity (Wildman–Crippen MR) is 125 cm³/mol. The van der Waals surface area contributed by atoms with E-state index in [1.807, 2.05) is 80.3 Å². The first-order chi connectivity index (χ1) is 15.2. The summed E-state index contributed by atoms with van der Waals surface area (Å²) in [6.07, 6.45) is 1.60. The number of amides is 2. The normalized spacial score (nSPS) is 16.4. The molecule has 1 saturated heterocycles. The van der Waals surface area contributed by atoms with E-state index in [9.17, 15) is 9.59 Å². The Morgan fingerprint density at radius 3 is 2.41 bits per heavy atom. The lowest BCUT2D eigenvalue weighted by Crippen LogP contribution is -2.45. The van der Waals surface area contributed by atoms with Crippen LogP contribution in [0.2, 0.25) is 0 Å². The SMILES string of the molecule is CN(C[C@H]1CCCN(C(=O)c2ccc(COc3ccccc3)cc2)C1)C(=O)OC(C)(C)C. The van der Waals surface area contributed by atoms with Crippen molar-refractivity contribution in [2.24, 2.45) is 5.92 Å². The van der Waals surface area contributed by atoms with Crippen molar-refractivity contribution in [2.75, 3.05) is 26.7 Å². The predicted octanol–water partition coefficient (Wildman–Crippen LogP) is 4.98. The maximum atomic E-state index is 13.0. The molecular weight excluding hydrogens is 404 g/mol. The Morgan fingerprint density at radius 2 is 1.75 bits per heavy atom. The van der Waals surface area contributed by atoms with E-state index in [1.165, 1.54) is 0 Å². The molecule has 0 radical (unpaired) electrons. The number of para-hydroxylation sites is 1. The number of rotatable bonds is 6. The van der Waals surface area contributed by atoms with Crippen molar-refractivity contribution in [3.8, 4) is 5.75 Å². The highest BCUT2D eigenvalue weighted by molar-refractivity contribution is 5.94. The highest BCUT2D eigenvalue weighted by Crippen LogP contribution is 2.21. The maximum absolute atomic E-state index is 13.0. The molecule has 0 aromatic heterocycles. The Labute approximate surface area is 191 Å². The summed E-state index contributed by atoms with van der Waals surface area (Å²) < 4.78 is 11.2. The van der Waals surface area contributed by atoms with Crippen LogP contribution in [-0.4, -0.2) is 54.1 Å². The van der Waals surface area contributed by atoms with E-state index in [-0.39, 0.29) is 17.9 Å². The zero-order valence-electron chi connectivity index (χ0n) is 19.5. The van der Waals surface area contributed by atoms with Crippen molar-refractivity contribution in [2.45, 2.75) is 45.8 Å². The van der Waals surface area contributed by atoms with Gasteiger partial charge in [-0.25, -0.2) is 4.79 Å². The summed E-state index contributed by atoms with van der Waals surface area (Å²) in [4.78, 5) is 28.8. The number of benzene rings is 2. The molecule has 0 N–H and O–H groups in total. The minimum atomic E-state index is -0.516. The second-order valence-corrected chi connectivity index (χ2v) is 9.42. The number of carbonyl (C=O) groups excluding carboxylic acids is 2. The Kier molecular flexibility index (Phi) is 7.78. The lowest BCUT2D eigenvalue weighted by molar-refractivity contribution is 0.0244. The van der Waals surface area contributed by atoms with E-state index in [0.29, 0.717) is 25.3 Å². The van der Waals surface area contributed by atoms with Gasteiger partial charge in [-0.3, -0.25) is 4.79 Å². The second kappa shape index (κ2) is 10.5. The van der Waals surface area contributed by atoms with Gasteiger partial charge in [0.2, 0.25) is 0 Å². The first kappa shape index (κ1) is 23.6. The van der Waals surface area contributed by atoms with Crippen LogP contribution in [-0.2, 0) is 11.3 Å². The zero-order chi connectivity index (χ0) is 23.1. The number of hydrogen-bond acceptors (Lipinski definition) is 4. The van der Waals surface area contributed by atoms with E-state index >= 15 is 0 Å². The van der Waals surface area contributed by atoms with Crippen molar-refractivity contribution in [1.82, 2.24) is 9.80 Å². The topological polar surface area (TPSA) is 59.1 Å². The highest BCUT2D eigenvalue weighted by Gasteiger charge is 2.27. The molecule has 2 aromatic carbocycles. The summed E-state index contributed by atoms with van der Waals surface area (Å²) in [5.41, 5.74) is 1.17. The number of carbonyl (C=O) groups is 2. The Morgan fingerprint density at radius 1 is 1.06 bits per heavy atom. The molecule has 0 bridgehead atoms. The van der Waals surface area contributed by atoms with Crippen LogP contribution in [0.4, 0.5) is 4.79 Å². The van der Waals surface area contributed by atoms with Gasteiger partial charge >= 0.3 is 6.09 Å². The van der Waals surface area contributed by atoms with Crippen molar-refractivity contribution in [3.05, 3.63) is 65.7 Å². The summed E-state index contributed by atoms with van der Waals surface area (Å²) in [5.74, 6) is 1.09. The van der Waals surface area contributed by atoms with Gasteiger partial charge in [-0.2, -0.15) is 0 Å². The van der Waals surface area contributed by atoms with Gasteiger partial charge in [-0.15, -0.1) is 0 Å². The largest absolute Gasteiger partial charge is 0.489 e. The van der Waals surface area contributed by atoms with Gasteiger partial charge in [0.1, 0.15) is 18.0 Å². The van der Waals surface area contributed by atoms with Gasteiger partial charge in [0.05, 0.1) is 0 Å². The molecular formula is C26H34N2O4. The lowest BCUT2D eigenvalue weighted by atomic mass is 9.97. The molecule has 2 amide bonds. The summed E-state index contributed by atoms with van der Waals surface area (Å²) in [7, 11) is 1.76. The highest BCUT2D eigenvalue weighted by atomic mass is 16.6. The molecule has 1 aliphatic rings. The van der Waals surface area contributed by atoms with Crippen LogP contribution in [0, 0.1) is 5.92 Å². The number of piperidine rings is 1. The van der Waals surface area contributed by atoms with Crippen LogP contribution in [0.1, 0.15) is 49.5 Å². The molecule has 0 saturated carbocycles. The summed E-state index contributed by atoms with van der Waals surface area (Å²) >= 11 is 0. The molecule has 1 aliphatic heterocycles. The Hall–Kier alpha value is -3.02. The van der Waals surface area contributed by atoms with E-state index in [0.717, 1.165) is 30.7 Å².